The van der Waals surface area contributed by atoms with Crippen LogP contribution < -0.4 is 5.32 Å². The highest BCUT2D eigenvalue weighted by Gasteiger charge is 1.75. The Balaban J connectivity index is 2.79. The van der Waals surface area contributed by atoms with Crippen LogP contribution in [0.25, 0.3) is 0 Å². The minimum atomic E-state index is 0.977. The minimum absolute atomic E-state index is 0.977. The second-order valence-corrected chi connectivity index (χ2v) is 1.53. The molecule has 0 aliphatic carbocycles. The molecule has 1 nitrogen and oxygen atoms in total. The Bertz CT molecular complexity index is 86.3. The second kappa shape index (κ2) is 6.52. The SMILES string of the molecule is CC#CCCNCC. The molecule has 1 N–H and O–H groups in total. The third-order valence-corrected chi connectivity index (χ3v) is 0.854. The molecule has 0 aromatic rings. The number of hydrogen-bond donors (Lipinski definition) is 1. The van der Waals surface area contributed by atoms with Crippen LogP contribution in [-0.4, -0.2) is 13.1 Å². The highest BCUT2D eigenvalue weighted by molar-refractivity contribution is 4.94. The van der Waals surface area contributed by atoms with E-state index in [2.05, 4.69) is 24.1 Å². The quantitative estimate of drug-likeness (QED) is 0.423. The van der Waals surface area contributed by atoms with Crippen molar-refractivity contribution >= 4 is 0 Å². The molecule has 0 heterocycles. The molecule has 0 fully saturated rings. The van der Waals surface area contributed by atoms with E-state index in [0.717, 1.165) is 19.5 Å². The fourth-order valence-electron chi connectivity index (χ4n) is 0.453. The van der Waals surface area contributed by atoms with Gasteiger partial charge in [0.2, 0.25) is 0 Å². The maximum Gasteiger partial charge on any atom is 0.0214 e. The van der Waals surface area contributed by atoms with Gasteiger partial charge in [0.05, 0.1) is 0 Å². The van der Waals surface area contributed by atoms with Crippen LogP contribution in [-0.2, 0) is 0 Å². The van der Waals surface area contributed by atoms with E-state index in [1.165, 1.54) is 0 Å². The third-order valence-electron chi connectivity index (χ3n) is 0.854. The number of hydrogen-bond acceptors (Lipinski definition) is 1. The van der Waals surface area contributed by atoms with Gasteiger partial charge >= 0.3 is 0 Å². The lowest BCUT2D eigenvalue weighted by Gasteiger charge is -1.91. The molecule has 8 heavy (non-hydrogen) atoms. The van der Waals surface area contributed by atoms with Gasteiger partial charge < -0.3 is 5.32 Å². The molecule has 0 amide bonds. The summed E-state index contributed by atoms with van der Waals surface area (Å²) in [5, 5.41) is 3.18. The van der Waals surface area contributed by atoms with Crippen molar-refractivity contribution in [2.45, 2.75) is 20.3 Å². The van der Waals surface area contributed by atoms with Gasteiger partial charge in [-0.25, -0.2) is 0 Å². The van der Waals surface area contributed by atoms with Crippen molar-refractivity contribution in [1.29, 1.82) is 0 Å². The summed E-state index contributed by atoms with van der Waals surface area (Å²) in [6.07, 6.45) is 0.977. The van der Waals surface area contributed by atoms with E-state index in [0.29, 0.717) is 0 Å². The highest BCUT2D eigenvalue weighted by Crippen LogP contribution is 1.68. The first-order valence-corrected chi connectivity index (χ1v) is 3.02. The Morgan fingerprint density at radius 1 is 1.50 bits per heavy atom. The van der Waals surface area contributed by atoms with E-state index in [1.807, 2.05) is 6.92 Å². The summed E-state index contributed by atoms with van der Waals surface area (Å²) in [6, 6.07) is 0. The second-order valence-electron chi connectivity index (χ2n) is 1.53. The normalized spacial score (nSPS) is 7.75. The van der Waals surface area contributed by atoms with Crippen LogP contribution in [0.1, 0.15) is 20.3 Å². The van der Waals surface area contributed by atoms with Gasteiger partial charge in [-0.3, -0.25) is 0 Å². The molecule has 0 aromatic carbocycles. The smallest absolute Gasteiger partial charge is 0.0214 e. The van der Waals surface area contributed by atoms with E-state index < -0.39 is 0 Å². The average Bonchev–Trinajstić information content (AvgIpc) is 1.81. The summed E-state index contributed by atoms with van der Waals surface area (Å²) in [4.78, 5) is 0. The molecule has 0 atom stereocenters. The molecule has 0 spiro atoms. The Morgan fingerprint density at radius 3 is 2.75 bits per heavy atom. The van der Waals surface area contributed by atoms with Crippen LogP contribution in [0.15, 0.2) is 0 Å². The molecule has 0 saturated heterocycles. The van der Waals surface area contributed by atoms with Crippen molar-refractivity contribution in [1.82, 2.24) is 5.32 Å². The predicted octanol–water partition coefficient (Wildman–Crippen LogP) is 1.01. The van der Waals surface area contributed by atoms with E-state index in [1.54, 1.807) is 0 Å². The van der Waals surface area contributed by atoms with E-state index >= 15 is 0 Å². The topological polar surface area (TPSA) is 12.0 Å². The van der Waals surface area contributed by atoms with Gasteiger partial charge in [-0.1, -0.05) is 6.92 Å². The zero-order chi connectivity index (χ0) is 6.24. The molecule has 0 unspecified atom stereocenters. The first-order chi connectivity index (χ1) is 3.91. The lowest BCUT2D eigenvalue weighted by molar-refractivity contribution is 0.733. The van der Waals surface area contributed by atoms with Crippen molar-refractivity contribution in [2.75, 3.05) is 13.1 Å². The van der Waals surface area contributed by atoms with E-state index in [9.17, 15) is 0 Å². The Kier molecular flexibility index (Phi) is 6.13. The van der Waals surface area contributed by atoms with Gasteiger partial charge in [-0.15, -0.1) is 11.8 Å². The Hall–Kier alpha value is -0.480. The van der Waals surface area contributed by atoms with Crippen LogP contribution in [0.2, 0.25) is 0 Å². The van der Waals surface area contributed by atoms with Gasteiger partial charge in [-0.05, 0) is 13.5 Å². The first-order valence-electron chi connectivity index (χ1n) is 3.02. The van der Waals surface area contributed by atoms with Crippen molar-refractivity contribution in [3.05, 3.63) is 0 Å². The summed E-state index contributed by atoms with van der Waals surface area (Å²) in [6.45, 7) is 6.04. The van der Waals surface area contributed by atoms with Crippen molar-refractivity contribution in [3.63, 3.8) is 0 Å². The Labute approximate surface area is 51.5 Å². The maximum absolute atomic E-state index is 3.18. The number of nitrogens with one attached hydrogen (secondary N) is 1. The molecule has 0 saturated carbocycles. The fourth-order valence-corrected chi connectivity index (χ4v) is 0.453. The molecule has 0 radical (unpaired) electrons. The first kappa shape index (κ1) is 7.52. The van der Waals surface area contributed by atoms with Gasteiger partial charge in [-0.2, -0.15) is 0 Å². The van der Waals surface area contributed by atoms with Crippen molar-refractivity contribution in [2.24, 2.45) is 0 Å². The zero-order valence-corrected chi connectivity index (χ0v) is 5.62. The summed E-state index contributed by atoms with van der Waals surface area (Å²) in [5.41, 5.74) is 0. The van der Waals surface area contributed by atoms with Gasteiger partial charge in [0, 0.05) is 13.0 Å². The van der Waals surface area contributed by atoms with Crippen molar-refractivity contribution in [3.8, 4) is 11.8 Å². The molecular weight excluding hydrogens is 98.1 g/mol. The summed E-state index contributed by atoms with van der Waals surface area (Å²) in [5.74, 6) is 5.81. The molecule has 0 bridgehead atoms. The molecular formula is C7H13N. The molecule has 0 aromatic heterocycles. The molecule has 0 aliphatic rings. The summed E-state index contributed by atoms with van der Waals surface area (Å²) in [7, 11) is 0. The minimum Gasteiger partial charge on any atom is -0.316 e. The molecule has 0 rings (SSSR count). The van der Waals surface area contributed by atoms with Crippen LogP contribution in [0, 0.1) is 11.8 Å². The van der Waals surface area contributed by atoms with Crippen LogP contribution >= 0.6 is 0 Å². The predicted molar refractivity (Wildman–Crippen MR) is 36.6 cm³/mol. The van der Waals surface area contributed by atoms with E-state index in [-0.39, 0.29) is 0 Å². The summed E-state index contributed by atoms with van der Waals surface area (Å²) < 4.78 is 0. The largest absolute Gasteiger partial charge is 0.316 e. The summed E-state index contributed by atoms with van der Waals surface area (Å²) >= 11 is 0. The number of rotatable bonds is 3. The third kappa shape index (κ3) is 5.52. The lowest BCUT2D eigenvalue weighted by Crippen LogP contribution is -2.12. The average molecular weight is 111 g/mol. The lowest BCUT2D eigenvalue weighted by atomic mass is 10.4. The molecule has 0 aliphatic heterocycles. The van der Waals surface area contributed by atoms with E-state index in [4.69, 9.17) is 0 Å². The standard InChI is InChI=1S/C7H13N/c1-3-5-6-7-8-4-2/h8H,4,6-7H2,1-2H3. The highest BCUT2D eigenvalue weighted by atomic mass is 14.8. The van der Waals surface area contributed by atoms with Crippen LogP contribution in [0.4, 0.5) is 0 Å². The molecule has 46 valence electrons. The fraction of sp³-hybridized carbons (Fsp3) is 0.714. The Morgan fingerprint density at radius 2 is 2.25 bits per heavy atom. The zero-order valence-electron chi connectivity index (χ0n) is 5.62. The molecule has 1 heteroatoms. The van der Waals surface area contributed by atoms with Crippen molar-refractivity contribution < 1.29 is 0 Å². The maximum atomic E-state index is 3.18. The van der Waals surface area contributed by atoms with Gasteiger partial charge in [0.25, 0.3) is 0 Å². The van der Waals surface area contributed by atoms with Gasteiger partial charge in [0.15, 0.2) is 0 Å². The van der Waals surface area contributed by atoms with Crippen LogP contribution in [0.3, 0.4) is 0 Å². The van der Waals surface area contributed by atoms with Gasteiger partial charge in [0.1, 0.15) is 0 Å². The van der Waals surface area contributed by atoms with Crippen LogP contribution in [0.5, 0.6) is 0 Å². The monoisotopic (exact) mass is 111 g/mol.